The molecule has 3 rings (SSSR count). The van der Waals surface area contributed by atoms with Gasteiger partial charge in [-0.3, -0.25) is 9.79 Å². The van der Waals surface area contributed by atoms with Crippen molar-refractivity contribution >= 4 is 35.8 Å². The fraction of sp³-hybridized carbons (Fsp3) is 0.417. The second-order valence-corrected chi connectivity index (χ2v) is 7.56. The first-order valence-corrected chi connectivity index (χ1v) is 10.6. The largest absolute Gasteiger partial charge is 0.375 e. The molecule has 168 valence electrons. The minimum atomic E-state index is 0. The minimum absolute atomic E-state index is 0. The normalized spacial score (nSPS) is 16.2. The second kappa shape index (κ2) is 14.0. The van der Waals surface area contributed by atoms with E-state index in [4.69, 9.17) is 4.74 Å². The number of rotatable bonds is 10. The number of aliphatic imine (C=N–C) groups is 1. The standard InChI is InChI=1S/C24H32N4O2.HI/c1-25-24(26-13-15-30-19-21-10-6-3-7-11-21)27-17-22-16-23(29)28(18-22)14-12-20-8-4-2-5-9-20;/h2-11,22H,12-19H2,1H3,(H2,25,26,27);1H. The van der Waals surface area contributed by atoms with E-state index in [0.29, 0.717) is 32.1 Å². The van der Waals surface area contributed by atoms with Crippen LogP contribution in [-0.2, 0) is 22.6 Å². The van der Waals surface area contributed by atoms with Crippen molar-refractivity contribution in [1.29, 1.82) is 0 Å². The quantitative estimate of drug-likeness (QED) is 0.212. The van der Waals surface area contributed by atoms with Gasteiger partial charge in [0, 0.05) is 45.6 Å². The van der Waals surface area contributed by atoms with E-state index in [-0.39, 0.29) is 29.9 Å². The van der Waals surface area contributed by atoms with E-state index in [1.165, 1.54) is 11.1 Å². The van der Waals surface area contributed by atoms with Crippen LogP contribution in [0, 0.1) is 5.92 Å². The molecule has 6 nitrogen and oxygen atoms in total. The Morgan fingerprint density at radius 1 is 1.06 bits per heavy atom. The van der Waals surface area contributed by atoms with Crippen LogP contribution in [0.1, 0.15) is 17.5 Å². The topological polar surface area (TPSA) is 66.0 Å². The third-order valence-electron chi connectivity index (χ3n) is 5.24. The van der Waals surface area contributed by atoms with Crippen LogP contribution in [0.4, 0.5) is 0 Å². The van der Waals surface area contributed by atoms with Gasteiger partial charge in [-0.05, 0) is 17.5 Å². The van der Waals surface area contributed by atoms with Crippen molar-refractivity contribution in [1.82, 2.24) is 15.5 Å². The van der Waals surface area contributed by atoms with Crippen LogP contribution in [0.2, 0.25) is 0 Å². The predicted octanol–water partition coefficient (Wildman–Crippen LogP) is 3.08. The maximum Gasteiger partial charge on any atom is 0.223 e. The zero-order valence-electron chi connectivity index (χ0n) is 18.1. The molecule has 2 N–H and O–H groups in total. The number of nitrogens with one attached hydrogen (secondary N) is 2. The summed E-state index contributed by atoms with van der Waals surface area (Å²) in [4.78, 5) is 18.6. The van der Waals surface area contributed by atoms with E-state index in [0.717, 1.165) is 32.0 Å². The molecule has 0 radical (unpaired) electrons. The highest BCUT2D eigenvalue weighted by atomic mass is 127. The van der Waals surface area contributed by atoms with E-state index in [1.807, 2.05) is 41.3 Å². The summed E-state index contributed by atoms with van der Waals surface area (Å²) >= 11 is 0. The number of halogens is 1. The van der Waals surface area contributed by atoms with Crippen LogP contribution in [0.3, 0.4) is 0 Å². The Hall–Kier alpha value is -2.13. The Labute approximate surface area is 202 Å². The van der Waals surface area contributed by atoms with Crippen molar-refractivity contribution in [3.8, 4) is 0 Å². The number of ether oxygens (including phenoxy) is 1. The van der Waals surface area contributed by atoms with Gasteiger partial charge >= 0.3 is 0 Å². The molecule has 7 heteroatoms. The van der Waals surface area contributed by atoms with Gasteiger partial charge in [0.15, 0.2) is 5.96 Å². The van der Waals surface area contributed by atoms with Gasteiger partial charge < -0.3 is 20.3 Å². The smallest absolute Gasteiger partial charge is 0.223 e. The number of amides is 1. The monoisotopic (exact) mass is 536 g/mol. The average Bonchev–Trinajstić information content (AvgIpc) is 3.15. The summed E-state index contributed by atoms with van der Waals surface area (Å²) in [5.41, 5.74) is 2.44. The molecule has 1 unspecified atom stereocenters. The minimum Gasteiger partial charge on any atom is -0.375 e. The van der Waals surface area contributed by atoms with Crippen LogP contribution < -0.4 is 10.6 Å². The van der Waals surface area contributed by atoms with Crippen molar-refractivity contribution in [2.75, 3.05) is 39.8 Å². The van der Waals surface area contributed by atoms with Gasteiger partial charge in [0.2, 0.25) is 5.91 Å². The number of guanidine groups is 1. The van der Waals surface area contributed by atoms with Crippen LogP contribution in [-0.4, -0.2) is 56.6 Å². The first-order valence-electron chi connectivity index (χ1n) is 10.6. The molecule has 1 aliphatic rings. The lowest BCUT2D eigenvalue weighted by molar-refractivity contribution is -0.127. The molecule has 0 spiro atoms. The Balaban J connectivity index is 0.00000341. The Morgan fingerprint density at radius 2 is 1.74 bits per heavy atom. The molecule has 31 heavy (non-hydrogen) atoms. The highest BCUT2D eigenvalue weighted by Gasteiger charge is 2.29. The van der Waals surface area contributed by atoms with Crippen molar-refractivity contribution in [2.45, 2.75) is 19.4 Å². The number of carbonyl (C=O) groups excluding carboxylic acids is 1. The fourth-order valence-electron chi connectivity index (χ4n) is 3.58. The summed E-state index contributed by atoms with van der Waals surface area (Å²) in [6.07, 6.45) is 1.50. The summed E-state index contributed by atoms with van der Waals surface area (Å²) in [5, 5.41) is 6.60. The molecule has 1 aliphatic heterocycles. The van der Waals surface area contributed by atoms with Crippen LogP contribution in [0.15, 0.2) is 65.7 Å². The van der Waals surface area contributed by atoms with Crippen molar-refractivity contribution in [3.63, 3.8) is 0 Å². The van der Waals surface area contributed by atoms with Crippen molar-refractivity contribution in [3.05, 3.63) is 71.8 Å². The molecule has 1 atom stereocenters. The van der Waals surface area contributed by atoms with Gasteiger partial charge in [0.25, 0.3) is 0 Å². The summed E-state index contributed by atoms with van der Waals surface area (Å²) in [6, 6.07) is 20.5. The maximum atomic E-state index is 12.3. The summed E-state index contributed by atoms with van der Waals surface area (Å²) < 4.78 is 5.69. The molecular weight excluding hydrogens is 503 g/mol. The van der Waals surface area contributed by atoms with Crippen LogP contribution in [0.25, 0.3) is 0 Å². The van der Waals surface area contributed by atoms with E-state index >= 15 is 0 Å². The molecule has 0 aliphatic carbocycles. The Morgan fingerprint density at radius 3 is 2.42 bits per heavy atom. The zero-order valence-corrected chi connectivity index (χ0v) is 20.5. The molecule has 0 bridgehead atoms. The molecule has 1 amide bonds. The average molecular weight is 536 g/mol. The molecule has 2 aromatic rings. The van der Waals surface area contributed by atoms with Crippen molar-refractivity contribution in [2.24, 2.45) is 10.9 Å². The molecule has 0 saturated carbocycles. The molecule has 1 fully saturated rings. The lowest BCUT2D eigenvalue weighted by atomic mass is 10.1. The second-order valence-electron chi connectivity index (χ2n) is 7.56. The van der Waals surface area contributed by atoms with Gasteiger partial charge in [-0.2, -0.15) is 0 Å². The van der Waals surface area contributed by atoms with Crippen LogP contribution in [0.5, 0.6) is 0 Å². The van der Waals surface area contributed by atoms with E-state index in [1.54, 1.807) is 7.05 Å². The molecular formula is C24H33IN4O2. The van der Waals surface area contributed by atoms with Crippen LogP contribution >= 0.6 is 24.0 Å². The van der Waals surface area contributed by atoms with Gasteiger partial charge in [0.1, 0.15) is 0 Å². The third-order valence-corrected chi connectivity index (χ3v) is 5.24. The SMILES string of the molecule is CN=C(NCCOCc1ccccc1)NCC1CC(=O)N(CCc2ccccc2)C1.I. The highest BCUT2D eigenvalue weighted by Crippen LogP contribution is 2.17. The lowest BCUT2D eigenvalue weighted by Gasteiger charge is -2.18. The molecule has 0 aromatic heterocycles. The third kappa shape index (κ3) is 8.86. The first-order chi connectivity index (χ1) is 14.7. The maximum absolute atomic E-state index is 12.3. The number of nitrogens with zero attached hydrogens (tertiary/aromatic N) is 2. The van der Waals surface area contributed by atoms with E-state index in [2.05, 4.69) is 39.9 Å². The highest BCUT2D eigenvalue weighted by molar-refractivity contribution is 14.0. The molecule has 1 heterocycles. The Kier molecular flexibility index (Phi) is 11.4. The predicted molar refractivity (Wildman–Crippen MR) is 136 cm³/mol. The number of carbonyl (C=O) groups is 1. The lowest BCUT2D eigenvalue weighted by Crippen LogP contribution is -2.41. The number of benzene rings is 2. The van der Waals surface area contributed by atoms with E-state index in [9.17, 15) is 4.79 Å². The molecule has 1 saturated heterocycles. The number of hydrogen-bond acceptors (Lipinski definition) is 3. The van der Waals surface area contributed by atoms with E-state index < -0.39 is 0 Å². The summed E-state index contributed by atoms with van der Waals surface area (Å²) in [5.74, 6) is 1.30. The van der Waals surface area contributed by atoms with Gasteiger partial charge in [-0.25, -0.2) is 0 Å². The Bertz CT molecular complexity index is 802. The zero-order chi connectivity index (χ0) is 21.0. The summed E-state index contributed by atoms with van der Waals surface area (Å²) in [6.45, 7) is 4.21. The van der Waals surface area contributed by atoms with Gasteiger partial charge in [-0.1, -0.05) is 60.7 Å². The number of likely N-dealkylation sites (tertiary alicyclic amines) is 1. The van der Waals surface area contributed by atoms with Crippen molar-refractivity contribution < 1.29 is 9.53 Å². The summed E-state index contributed by atoms with van der Waals surface area (Å²) in [7, 11) is 1.76. The first kappa shape index (κ1) is 25.1. The van der Waals surface area contributed by atoms with Gasteiger partial charge in [-0.15, -0.1) is 24.0 Å². The number of hydrogen-bond donors (Lipinski definition) is 2. The molecule has 2 aromatic carbocycles. The fourth-order valence-corrected chi connectivity index (χ4v) is 3.58. The van der Waals surface area contributed by atoms with Gasteiger partial charge in [0.05, 0.1) is 13.2 Å².